The number of benzene rings is 1. The van der Waals surface area contributed by atoms with Gasteiger partial charge in [-0.3, -0.25) is 0 Å². The molecule has 1 aliphatic heterocycles. The lowest BCUT2D eigenvalue weighted by Gasteiger charge is -2.16. The van der Waals surface area contributed by atoms with Gasteiger partial charge < -0.3 is 23.9 Å². The number of hydrogen-bond acceptors (Lipinski definition) is 5. The van der Waals surface area contributed by atoms with E-state index in [1.807, 2.05) is 19.9 Å². The standard InChI is InChI=1S/C21H25Cl2NO5/c1-3-13-11-14(22)12-15(23)17(13)18-19(29-21(26)28-10-9-27-4-2)16-7-5-6-8-24(16)20(18)25/h11-12,25H,3-10H2,1-2H3. The Morgan fingerprint density at radius 1 is 1.17 bits per heavy atom. The molecule has 0 saturated carbocycles. The second-order valence-corrected chi connectivity index (χ2v) is 7.60. The van der Waals surface area contributed by atoms with Crippen LogP contribution in [0.15, 0.2) is 12.1 Å². The van der Waals surface area contributed by atoms with Gasteiger partial charge in [0.25, 0.3) is 0 Å². The Morgan fingerprint density at radius 3 is 2.69 bits per heavy atom. The maximum atomic E-state index is 12.3. The summed E-state index contributed by atoms with van der Waals surface area (Å²) < 4.78 is 17.7. The van der Waals surface area contributed by atoms with Crippen molar-refractivity contribution in [1.29, 1.82) is 0 Å². The fourth-order valence-corrected chi connectivity index (χ4v) is 4.28. The first-order valence-electron chi connectivity index (χ1n) is 9.82. The number of halogens is 2. The zero-order valence-electron chi connectivity index (χ0n) is 16.6. The van der Waals surface area contributed by atoms with Crippen LogP contribution in [-0.4, -0.2) is 35.6 Å². The third kappa shape index (κ3) is 4.65. The van der Waals surface area contributed by atoms with Crippen molar-refractivity contribution in [3.63, 3.8) is 0 Å². The lowest BCUT2D eigenvalue weighted by atomic mass is 9.98. The first kappa shape index (κ1) is 21.8. The molecule has 6 nitrogen and oxygen atoms in total. The third-order valence-electron chi connectivity index (χ3n) is 4.94. The maximum absolute atomic E-state index is 12.3. The highest BCUT2D eigenvalue weighted by Gasteiger charge is 2.31. The van der Waals surface area contributed by atoms with Gasteiger partial charge in [0.2, 0.25) is 5.88 Å². The quantitative estimate of drug-likeness (QED) is 0.445. The second kappa shape index (κ2) is 9.74. The number of hydrogen-bond donors (Lipinski definition) is 1. The van der Waals surface area contributed by atoms with E-state index in [1.54, 1.807) is 10.6 Å². The molecule has 2 aromatic rings. The van der Waals surface area contributed by atoms with Crippen LogP contribution in [0.4, 0.5) is 4.79 Å². The van der Waals surface area contributed by atoms with Crippen molar-refractivity contribution >= 4 is 29.4 Å². The molecule has 0 saturated heterocycles. The molecule has 0 amide bonds. The van der Waals surface area contributed by atoms with E-state index in [2.05, 4.69) is 0 Å². The molecule has 2 heterocycles. The molecule has 0 bridgehead atoms. The van der Waals surface area contributed by atoms with Gasteiger partial charge in [0.1, 0.15) is 6.61 Å². The zero-order valence-corrected chi connectivity index (χ0v) is 18.1. The Kier molecular flexibility index (Phi) is 7.33. The normalized spacial score (nSPS) is 13.2. The van der Waals surface area contributed by atoms with Gasteiger partial charge in [0.15, 0.2) is 5.75 Å². The van der Waals surface area contributed by atoms with Crippen LogP contribution >= 0.6 is 23.2 Å². The number of carbonyl (C=O) groups excluding carboxylic acids is 1. The number of aromatic hydroxyl groups is 1. The summed E-state index contributed by atoms with van der Waals surface area (Å²) in [6.45, 7) is 5.40. The van der Waals surface area contributed by atoms with Gasteiger partial charge in [0, 0.05) is 23.7 Å². The predicted molar refractivity (Wildman–Crippen MR) is 112 cm³/mol. The SMILES string of the molecule is CCOCCOC(=O)Oc1c(-c2c(Cl)cc(Cl)cc2CC)c(O)n2c1CCCC2. The van der Waals surface area contributed by atoms with Crippen molar-refractivity contribution in [3.05, 3.63) is 33.4 Å². The summed E-state index contributed by atoms with van der Waals surface area (Å²) in [6, 6.07) is 3.43. The van der Waals surface area contributed by atoms with Crippen LogP contribution in [0.2, 0.25) is 10.0 Å². The van der Waals surface area contributed by atoms with Gasteiger partial charge in [-0.2, -0.15) is 0 Å². The molecule has 0 aliphatic carbocycles. The zero-order chi connectivity index (χ0) is 21.0. The van der Waals surface area contributed by atoms with E-state index >= 15 is 0 Å². The highest BCUT2D eigenvalue weighted by atomic mass is 35.5. The summed E-state index contributed by atoms with van der Waals surface area (Å²) >= 11 is 12.7. The van der Waals surface area contributed by atoms with E-state index in [0.29, 0.717) is 59.5 Å². The number of aryl methyl sites for hydroxylation is 1. The summed E-state index contributed by atoms with van der Waals surface area (Å²) in [6.07, 6.45) is 2.36. The number of nitrogens with zero attached hydrogens (tertiary/aromatic N) is 1. The van der Waals surface area contributed by atoms with E-state index in [9.17, 15) is 9.90 Å². The topological polar surface area (TPSA) is 69.9 Å². The summed E-state index contributed by atoms with van der Waals surface area (Å²) in [5.41, 5.74) is 2.64. The number of carbonyl (C=O) groups is 1. The Labute approximate surface area is 180 Å². The van der Waals surface area contributed by atoms with Crippen LogP contribution in [0.5, 0.6) is 11.6 Å². The van der Waals surface area contributed by atoms with E-state index in [4.69, 9.17) is 37.4 Å². The Hall–Kier alpha value is -1.89. The van der Waals surface area contributed by atoms with Crippen molar-refractivity contribution in [2.24, 2.45) is 0 Å². The Bertz CT molecular complexity index is 894. The molecule has 0 spiro atoms. The summed E-state index contributed by atoms with van der Waals surface area (Å²) in [7, 11) is 0. The molecule has 1 aliphatic rings. The first-order valence-corrected chi connectivity index (χ1v) is 10.6. The second-order valence-electron chi connectivity index (χ2n) is 6.76. The van der Waals surface area contributed by atoms with Crippen molar-refractivity contribution in [1.82, 2.24) is 4.57 Å². The summed E-state index contributed by atoms with van der Waals surface area (Å²) in [5, 5.41) is 11.9. The van der Waals surface area contributed by atoms with Gasteiger partial charge in [-0.15, -0.1) is 0 Å². The van der Waals surface area contributed by atoms with Gasteiger partial charge in [0.05, 0.1) is 22.9 Å². The van der Waals surface area contributed by atoms with Crippen molar-refractivity contribution in [2.75, 3.05) is 19.8 Å². The smallest absolute Gasteiger partial charge is 0.494 e. The molecule has 0 unspecified atom stereocenters. The number of rotatable bonds is 7. The van der Waals surface area contributed by atoms with E-state index in [0.717, 1.165) is 24.1 Å². The van der Waals surface area contributed by atoms with Gasteiger partial charge in [-0.25, -0.2) is 4.79 Å². The van der Waals surface area contributed by atoms with Crippen LogP contribution in [0.25, 0.3) is 11.1 Å². The molecule has 158 valence electrons. The number of ether oxygens (including phenoxy) is 3. The molecule has 1 aromatic heterocycles. The number of aromatic nitrogens is 1. The maximum Gasteiger partial charge on any atom is 0.514 e. The van der Waals surface area contributed by atoms with Crippen LogP contribution in [0, 0.1) is 0 Å². The summed E-state index contributed by atoms with van der Waals surface area (Å²) in [4.78, 5) is 12.3. The molecular formula is C21H25Cl2NO5. The molecule has 8 heteroatoms. The van der Waals surface area contributed by atoms with Gasteiger partial charge in [-0.1, -0.05) is 30.1 Å². The first-order chi connectivity index (χ1) is 14.0. The fourth-order valence-electron chi connectivity index (χ4n) is 3.64. The molecular weight excluding hydrogens is 417 g/mol. The molecule has 3 rings (SSSR count). The molecule has 1 aromatic carbocycles. The monoisotopic (exact) mass is 441 g/mol. The van der Waals surface area contributed by atoms with Crippen LogP contribution in [0.1, 0.15) is 37.9 Å². The average Bonchev–Trinajstić information content (AvgIpc) is 2.97. The Morgan fingerprint density at radius 2 is 1.97 bits per heavy atom. The lowest BCUT2D eigenvalue weighted by Crippen LogP contribution is -2.16. The van der Waals surface area contributed by atoms with E-state index in [-0.39, 0.29) is 12.5 Å². The van der Waals surface area contributed by atoms with Crippen molar-refractivity contribution in [3.8, 4) is 22.8 Å². The highest BCUT2D eigenvalue weighted by molar-refractivity contribution is 6.36. The van der Waals surface area contributed by atoms with E-state index in [1.165, 1.54) is 0 Å². The highest BCUT2D eigenvalue weighted by Crippen LogP contribution is 2.49. The third-order valence-corrected chi connectivity index (χ3v) is 5.46. The number of fused-ring (bicyclic) bond motifs is 1. The van der Waals surface area contributed by atoms with Gasteiger partial charge in [-0.05, 0) is 50.3 Å². The van der Waals surface area contributed by atoms with E-state index < -0.39 is 6.16 Å². The molecule has 29 heavy (non-hydrogen) atoms. The average molecular weight is 442 g/mol. The minimum atomic E-state index is -0.840. The minimum Gasteiger partial charge on any atom is -0.494 e. The van der Waals surface area contributed by atoms with Crippen molar-refractivity contribution < 1.29 is 24.1 Å². The Balaban J connectivity index is 2.04. The minimum absolute atomic E-state index is 0.0377. The van der Waals surface area contributed by atoms with Crippen LogP contribution in [0.3, 0.4) is 0 Å². The molecule has 0 radical (unpaired) electrons. The van der Waals surface area contributed by atoms with Crippen LogP contribution < -0.4 is 4.74 Å². The fraction of sp³-hybridized carbons (Fsp3) is 0.476. The molecule has 1 N–H and O–H groups in total. The van der Waals surface area contributed by atoms with Crippen molar-refractivity contribution in [2.45, 2.75) is 46.1 Å². The van der Waals surface area contributed by atoms with Crippen LogP contribution in [-0.2, 0) is 28.9 Å². The predicted octanol–water partition coefficient (Wildman–Crippen LogP) is 5.62. The molecule has 0 atom stereocenters. The molecule has 0 fully saturated rings. The summed E-state index contributed by atoms with van der Waals surface area (Å²) in [5.74, 6) is 0.332. The van der Waals surface area contributed by atoms with Gasteiger partial charge >= 0.3 is 6.16 Å². The lowest BCUT2D eigenvalue weighted by molar-refractivity contribution is 0.0559. The largest absolute Gasteiger partial charge is 0.514 e.